The second-order valence-corrected chi connectivity index (χ2v) is 6.77. The van der Waals surface area contributed by atoms with E-state index in [2.05, 4.69) is 16.4 Å². The number of nitrogen functional groups attached to an aromatic ring is 1. The molecule has 4 rings (SSSR count). The van der Waals surface area contributed by atoms with Gasteiger partial charge in [-0.15, -0.1) is 0 Å². The molecule has 5 heteroatoms. The molecular formula is C20H20N4O. The molecule has 1 aliphatic rings. The van der Waals surface area contributed by atoms with Gasteiger partial charge in [0, 0.05) is 17.0 Å². The lowest BCUT2D eigenvalue weighted by molar-refractivity contribution is 0.102. The van der Waals surface area contributed by atoms with E-state index in [1.807, 2.05) is 26.0 Å². The first-order chi connectivity index (χ1) is 12.0. The Morgan fingerprint density at radius 2 is 2.00 bits per heavy atom. The van der Waals surface area contributed by atoms with E-state index in [-0.39, 0.29) is 5.91 Å². The van der Waals surface area contributed by atoms with Crippen LogP contribution in [0.15, 0.2) is 36.5 Å². The monoisotopic (exact) mass is 332 g/mol. The number of hydrogen-bond acceptors (Lipinski definition) is 4. The molecule has 5 nitrogen and oxygen atoms in total. The Bertz CT molecular complexity index is 975. The van der Waals surface area contributed by atoms with E-state index in [0.29, 0.717) is 23.0 Å². The van der Waals surface area contributed by atoms with Crippen molar-refractivity contribution in [2.24, 2.45) is 0 Å². The van der Waals surface area contributed by atoms with Gasteiger partial charge in [-0.05, 0) is 56.5 Å². The van der Waals surface area contributed by atoms with Gasteiger partial charge in [-0.1, -0.05) is 11.6 Å². The molecule has 1 aromatic carbocycles. The Labute approximate surface area is 146 Å². The Balaban J connectivity index is 1.81. The molecule has 0 saturated heterocycles. The summed E-state index contributed by atoms with van der Waals surface area (Å²) in [5.74, 6) is 0.760. The number of carbonyl (C=O) groups is 1. The quantitative estimate of drug-likeness (QED) is 0.761. The van der Waals surface area contributed by atoms with Crippen LogP contribution in [0.1, 0.15) is 45.9 Å². The smallest absolute Gasteiger partial charge is 0.256 e. The van der Waals surface area contributed by atoms with E-state index < -0.39 is 0 Å². The summed E-state index contributed by atoms with van der Waals surface area (Å²) < 4.78 is 0. The summed E-state index contributed by atoms with van der Waals surface area (Å²) in [6.07, 6.45) is 3.85. The highest BCUT2D eigenvalue weighted by molar-refractivity contribution is 6.13. The fraction of sp³-hybridized carbons (Fsp3) is 0.250. The van der Waals surface area contributed by atoms with Crippen molar-refractivity contribution >= 4 is 28.3 Å². The number of carbonyl (C=O) groups excluding carboxylic acids is 1. The minimum Gasteiger partial charge on any atom is -0.384 e. The Morgan fingerprint density at radius 1 is 1.20 bits per heavy atom. The standard InChI is InChI=1S/C20H20N4O/c1-11-7-12(2)19-15(8-11)16(9-17(24-19)13-3-4-13)20(25)23-14-5-6-18(21)22-10-14/h5-10,13H,3-4H2,1-2H3,(H2,21,22)(H,23,25). The number of pyridine rings is 2. The predicted molar refractivity (Wildman–Crippen MR) is 99.8 cm³/mol. The molecule has 3 N–H and O–H groups in total. The number of anilines is 2. The second kappa shape index (κ2) is 5.84. The molecule has 2 aromatic heterocycles. The molecule has 0 aliphatic heterocycles. The SMILES string of the molecule is Cc1cc(C)c2nc(C3CC3)cc(C(=O)Nc3ccc(N)nc3)c2c1. The van der Waals surface area contributed by atoms with Crippen LogP contribution in [0.3, 0.4) is 0 Å². The number of benzene rings is 1. The van der Waals surface area contributed by atoms with Gasteiger partial charge in [0.25, 0.3) is 5.91 Å². The highest BCUT2D eigenvalue weighted by Gasteiger charge is 2.27. The minimum absolute atomic E-state index is 0.147. The molecule has 0 radical (unpaired) electrons. The molecule has 1 fully saturated rings. The molecule has 1 saturated carbocycles. The van der Waals surface area contributed by atoms with Crippen LogP contribution in [0.5, 0.6) is 0 Å². The zero-order valence-electron chi connectivity index (χ0n) is 14.3. The van der Waals surface area contributed by atoms with E-state index in [4.69, 9.17) is 10.7 Å². The third-order valence-electron chi connectivity index (χ3n) is 4.55. The van der Waals surface area contributed by atoms with E-state index in [1.165, 1.54) is 0 Å². The van der Waals surface area contributed by atoms with Crippen molar-refractivity contribution in [2.45, 2.75) is 32.6 Å². The van der Waals surface area contributed by atoms with Crippen molar-refractivity contribution in [3.63, 3.8) is 0 Å². The maximum absolute atomic E-state index is 12.9. The number of aromatic nitrogens is 2. The van der Waals surface area contributed by atoms with E-state index >= 15 is 0 Å². The first-order valence-corrected chi connectivity index (χ1v) is 8.46. The molecule has 0 atom stereocenters. The summed E-state index contributed by atoms with van der Waals surface area (Å²) >= 11 is 0. The van der Waals surface area contributed by atoms with Crippen LogP contribution in [-0.2, 0) is 0 Å². The summed E-state index contributed by atoms with van der Waals surface area (Å²) in [6, 6.07) is 9.50. The lowest BCUT2D eigenvalue weighted by atomic mass is 10.00. The minimum atomic E-state index is -0.147. The number of nitrogens with zero attached hydrogens (tertiary/aromatic N) is 2. The number of nitrogens with one attached hydrogen (secondary N) is 1. The number of amides is 1. The van der Waals surface area contributed by atoms with Crippen LogP contribution in [0.4, 0.5) is 11.5 Å². The van der Waals surface area contributed by atoms with Gasteiger partial charge in [0.1, 0.15) is 5.82 Å². The maximum Gasteiger partial charge on any atom is 0.256 e. The van der Waals surface area contributed by atoms with Crippen LogP contribution in [0.25, 0.3) is 10.9 Å². The van der Waals surface area contributed by atoms with Gasteiger partial charge in [-0.25, -0.2) is 4.98 Å². The molecule has 126 valence electrons. The second-order valence-electron chi connectivity index (χ2n) is 6.77. The zero-order chi connectivity index (χ0) is 17.6. The number of hydrogen-bond donors (Lipinski definition) is 2. The van der Waals surface area contributed by atoms with Crippen molar-refractivity contribution < 1.29 is 4.79 Å². The first kappa shape index (κ1) is 15.6. The number of rotatable bonds is 3. The molecule has 2 heterocycles. The third-order valence-corrected chi connectivity index (χ3v) is 4.55. The average molecular weight is 332 g/mol. The largest absolute Gasteiger partial charge is 0.384 e. The van der Waals surface area contributed by atoms with Gasteiger partial charge in [0.15, 0.2) is 0 Å². The molecule has 25 heavy (non-hydrogen) atoms. The van der Waals surface area contributed by atoms with Gasteiger partial charge in [-0.2, -0.15) is 0 Å². The fourth-order valence-electron chi connectivity index (χ4n) is 3.15. The maximum atomic E-state index is 12.9. The molecule has 1 amide bonds. The number of fused-ring (bicyclic) bond motifs is 1. The average Bonchev–Trinajstić information content (AvgIpc) is 3.41. The topological polar surface area (TPSA) is 80.9 Å². The van der Waals surface area contributed by atoms with Crippen LogP contribution in [0.2, 0.25) is 0 Å². The normalized spacial score (nSPS) is 13.8. The molecule has 3 aromatic rings. The van der Waals surface area contributed by atoms with E-state index in [9.17, 15) is 4.79 Å². The van der Waals surface area contributed by atoms with Gasteiger partial charge in [-0.3, -0.25) is 9.78 Å². The summed E-state index contributed by atoms with van der Waals surface area (Å²) in [4.78, 5) is 21.8. The van der Waals surface area contributed by atoms with Crippen molar-refractivity contribution in [3.8, 4) is 0 Å². The lowest BCUT2D eigenvalue weighted by Gasteiger charge is -2.12. The van der Waals surface area contributed by atoms with Crippen molar-refractivity contribution in [1.29, 1.82) is 0 Å². The highest BCUT2D eigenvalue weighted by Crippen LogP contribution is 2.40. The molecule has 1 aliphatic carbocycles. The number of nitrogens with two attached hydrogens (primary N) is 1. The van der Waals surface area contributed by atoms with Crippen molar-refractivity contribution in [3.05, 3.63) is 58.9 Å². The predicted octanol–water partition coefficient (Wildman–Crippen LogP) is 3.96. The molecule has 0 unspecified atom stereocenters. The molecule has 0 spiro atoms. The summed E-state index contributed by atoms with van der Waals surface area (Å²) in [5.41, 5.74) is 11.0. The van der Waals surface area contributed by atoms with Gasteiger partial charge in [0.05, 0.1) is 23.0 Å². The Hall–Kier alpha value is -2.95. The summed E-state index contributed by atoms with van der Waals surface area (Å²) in [7, 11) is 0. The Morgan fingerprint density at radius 3 is 2.68 bits per heavy atom. The van der Waals surface area contributed by atoms with Crippen LogP contribution in [0, 0.1) is 13.8 Å². The van der Waals surface area contributed by atoms with E-state index in [0.717, 1.165) is 40.6 Å². The fourth-order valence-corrected chi connectivity index (χ4v) is 3.15. The van der Waals surface area contributed by atoms with Gasteiger partial charge >= 0.3 is 0 Å². The Kier molecular flexibility index (Phi) is 3.64. The van der Waals surface area contributed by atoms with Gasteiger partial charge < -0.3 is 11.1 Å². The summed E-state index contributed by atoms with van der Waals surface area (Å²) in [6.45, 7) is 4.08. The van der Waals surface area contributed by atoms with Crippen LogP contribution >= 0.6 is 0 Å². The molecular weight excluding hydrogens is 312 g/mol. The van der Waals surface area contributed by atoms with Crippen molar-refractivity contribution in [1.82, 2.24) is 9.97 Å². The van der Waals surface area contributed by atoms with Gasteiger partial charge in [0.2, 0.25) is 0 Å². The highest BCUT2D eigenvalue weighted by atomic mass is 16.1. The first-order valence-electron chi connectivity index (χ1n) is 8.46. The third kappa shape index (κ3) is 3.05. The zero-order valence-corrected chi connectivity index (χ0v) is 14.3. The van der Waals surface area contributed by atoms with Crippen LogP contribution < -0.4 is 11.1 Å². The lowest BCUT2D eigenvalue weighted by Crippen LogP contribution is -2.14. The van der Waals surface area contributed by atoms with Crippen LogP contribution in [-0.4, -0.2) is 15.9 Å². The molecule has 0 bridgehead atoms. The van der Waals surface area contributed by atoms with Crippen molar-refractivity contribution in [2.75, 3.05) is 11.1 Å². The number of aryl methyl sites for hydroxylation is 2. The van der Waals surface area contributed by atoms with E-state index in [1.54, 1.807) is 18.3 Å². The summed E-state index contributed by atoms with van der Waals surface area (Å²) in [5, 5.41) is 3.81.